The molecule has 0 aliphatic carbocycles. The number of rotatable bonds is 4. The Morgan fingerprint density at radius 2 is 2.05 bits per heavy atom. The minimum atomic E-state index is -2.77. The van der Waals surface area contributed by atoms with E-state index < -0.39 is 12.3 Å². The third-order valence-corrected chi connectivity index (χ3v) is 3.16. The Labute approximate surface area is 113 Å². The molecule has 104 valence electrons. The first-order valence-corrected chi connectivity index (χ1v) is 6.12. The van der Waals surface area contributed by atoms with Crippen LogP contribution in [-0.2, 0) is 11.3 Å². The summed E-state index contributed by atoms with van der Waals surface area (Å²) in [4.78, 5) is 16.6. The molecule has 1 saturated heterocycles. The number of hydrogen-bond acceptors (Lipinski definition) is 4. The summed E-state index contributed by atoms with van der Waals surface area (Å²) in [7, 11) is 0. The van der Waals surface area contributed by atoms with Gasteiger partial charge in [0.1, 0.15) is 0 Å². The van der Waals surface area contributed by atoms with Gasteiger partial charge in [-0.25, -0.2) is 0 Å². The van der Waals surface area contributed by atoms with Gasteiger partial charge in [-0.1, -0.05) is 29.4 Å². The van der Waals surface area contributed by atoms with E-state index in [2.05, 4.69) is 14.7 Å². The van der Waals surface area contributed by atoms with Crippen LogP contribution in [0.2, 0.25) is 0 Å². The van der Waals surface area contributed by atoms with Gasteiger partial charge in [0.15, 0.2) is 0 Å². The van der Waals surface area contributed by atoms with Crippen LogP contribution in [0.15, 0.2) is 28.8 Å². The Bertz CT molecular complexity index is 625. The Morgan fingerprint density at radius 1 is 1.30 bits per heavy atom. The predicted molar refractivity (Wildman–Crippen MR) is 64.7 cm³/mol. The average molecular weight is 279 g/mol. The van der Waals surface area contributed by atoms with Gasteiger partial charge in [0.25, 0.3) is 5.89 Å². The van der Waals surface area contributed by atoms with Crippen LogP contribution in [0.4, 0.5) is 8.78 Å². The second-order valence-corrected chi connectivity index (χ2v) is 4.52. The van der Waals surface area contributed by atoms with Gasteiger partial charge in [-0.05, 0) is 5.56 Å². The Morgan fingerprint density at radius 3 is 2.55 bits per heavy atom. The number of halogens is 2. The van der Waals surface area contributed by atoms with E-state index in [-0.39, 0.29) is 11.7 Å². The van der Waals surface area contributed by atoms with Crippen molar-refractivity contribution < 1.29 is 18.1 Å². The van der Waals surface area contributed by atoms with E-state index in [0.717, 1.165) is 12.1 Å². The zero-order chi connectivity index (χ0) is 14.1. The first-order valence-electron chi connectivity index (χ1n) is 6.12. The quantitative estimate of drug-likeness (QED) is 0.806. The van der Waals surface area contributed by atoms with Crippen LogP contribution in [0.1, 0.15) is 24.3 Å². The summed E-state index contributed by atoms with van der Waals surface area (Å²) in [5.74, 6) is -0.407. The van der Waals surface area contributed by atoms with Crippen LogP contribution in [0.5, 0.6) is 0 Å². The molecule has 2 aromatic rings. The van der Waals surface area contributed by atoms with Crippen molar-refractivity contribution in [2.45, 2.75) is 19.4 Å². The summed E-state index contributed by atoms with van der Waals surface area (Å²) in [5, 5.41) is 3.51. The van der Waals surface area contributed by atoms with Crippen molar-refractivity contribution >= 4 is 5.91 Å². The number of likely N-dealkylation sites (tertiary alicyclic amines) is 1. The highest BCUT2D eigenvalue weighted by atomic mass is 19.3. The molecule has 0 atom stereocenters. The van der Waals surface area contributed by atoms with E-state index in [9.17, 15) is 13.6 Å². The van der Waals surface area contributed by atoms with Crippen LogP contribution >= 0.6 is 0 Å². The number of β-lactam (4-membered cyclic amide) rings is 1. The lowest BCUT2D eigenvalue weighted by molar-refractivity contribution is -0.140. The largest absolute Gasteiger partial charge is 0.338 e. The molecule has 0 bridgehead atoms. The van der Waals surface area contributed by atoms with Gasteiger partial charge in [-0.15, -0.1) is 0 Å². The summed E-state index contributed by atoms with van der Waals surface area (Å²) in [6.07, 6.45) is -2.16. The minimum Gasteiger partial charge on any atom is -0.338 e. The maximum Gasteiger partial charge on any atom is 0.315 e. The van der Waals surface area contributed by atoms with Gasteiger partial charge in [-0.3, -0.25) is 4.79 Å². The van der Waals surface area contributed by atoms with Crippen LogP contribution in [0, 0.1) is 0 Å². The molecule has 0 unspecified atom stereocenters. The molecule has 2 heterocycles. The van der Waals surface area contributed by atoms with E-state index in [0.29, 0.717) is 18.5 Å². The molecule has 1 amide bonds. The molecule has 0 radical (unpaired) electrons. The molecule has 1 aromatic carbocycles. The normalized spacial score (nSPS) is 14.8. The lowest BCUT2D eigenvalue weighted by Gasteiger charge is -2.30. The lowest BCUT2D eigenvalue weighted by atomic mass is 10.1. The van der Waals surface area contributed by atoms with Gasteiger partial charge < -0.3 is 9.42 Å². The zero-order valence-electron chi connectivity index (χ0n) is 10.4. The Hall–Kier alpha value is -2.31. The van der Waals surface area contributed by atoms with Crippen LogP contribution in [0.3, 0.4) is 0 Å². The number of benzene rings is 1. The number of carbonyl (C=O) groups is 1. The minimum absolute atomic E-state index is 0.131. The third kappa shape index (κ3) is 2.38. The second-order valence-electron chi connectivity index (χ2n) is 4.52. The fourth-order valence-electron chi connectivity index (χ4n) is 1.95. The van der Waals surface area contributed by atoms with E-state index in [1.165, 1.54) is 0 Å². The molecular weight excluding hydrogens is 268 g/mol. The number of aromatic nitrogens is 2. The molecule has 20 heavy (non-hydrogen) atoms. The maximum absolute atomic E-state index is 12.4. The van der Waals surface area contributed by atoms with Crippen molar-refractivity contribution in [2.24, 2.45) is 0 Å². The molecule has 0 N–H and O–H groups in total. The van der Waals surface area contributed by atoms with Crippen LogP contribution in [0.25, 0.3) is 11.4 Å². The SMILES string of the molecule is O=C1CCN1Cc1ccc(-c2noc(C(F)F)n2)cc1. The molecule has 0 spiro atoms. The highest BCUT2D eigenvalue weighted by Gasteiger charge is 2.23. The van der Waals surface area contributed by atoms with E-state index >= 15 is 0 Å². The smallest absolute Gasteiger partial charge is 0.315 e. The van der Waals surface area contributed by atoms with Crippen molar-refractivity contribution in [3.05, 3.63) is 35.7 Å². The van der Waals surface area contributed by atoms with Gasteiger partial charge >= 0.3 is 6.43 Å². The summed E-state index contributed by atoms with van der Waals surface area (Å²) in [6.45, 7) is 1.34. The standard InChI is InChI=1S/C13H11F2N3O2/c14-11(15)13-16-12(17-20-13)9-3-1-8(2-4-9)7-18-6-5-10(18)19/h1-4,11H,5-7H2. The van der Waals surface area contributed by atoms with E-state index in [1.54, 1.807) is 17.0 Å². The maximum atomic E-state index is 12.4. The fourth-order valence-corrected chi connectivity index (χ4v) is 1.95. The predicted octanol–water partition coefficient (Wildman–Crippen LogP) is 2.41. The van der Waals surface area contributed by atoms with Crippen LogP contribution in [-0.4, -0.2) is 27.5 Å². The van der Waals surface area contributed by atoms with Gasteiger partial charge in [0, 0.05) is 25.1 Å². The summed E-state index contributed by atoms with van der Waals surface area (Å²) < 4.78 is 29.2. The molecule has 1 aliphatic heterocycles. The Kier molecular flexibility index (Phi) is 3.17. The Balaban J connectivity index is 1.73. The number of alkyl halides is 2. The number of hydrogen-bond donors (Lipinski definition) is 0. The summed E-state index contributed by atoms with van der Waals surface area (Å²) in [5.41, 5.74) is 1.57. The average Bonchev–Trinajstić information content (AvgIpc) is 2.94. The summed E-state index contributed by atoms with van der Waals surface area (Å²) in [6, 6.07) is 7.08. The highest BCUT2D eigenvalue weighted by Crippen LogP contribution is 2.22. The van der Waals surface area contributed by atoms with Crippen molar-refractivity contribution in [3.8, 4) is 11.4 Å². The fraction of sp³-hybridized carbons (Fsp3) is 0.308. The second kappa shape index (κ2) is 4.99. The molecule has 7 heteroatoms. The first-order chi connectivity index (χ1) is 9.63. The van der Waals surface area contributed by atoms with Crippen LogP contribution < -0.4 is 0 Å². The van der Waals surface area contributed by atoms with Crippen molar-refractivity contribution in [2.75, 3.05) is 6.54 Å². The summed E-state index contributed by atoms with van der Waals surface area (Å²) >= 11 is 0. The first kappa shape index (κ1) is 12.7. The molecule has 1 fully saturated rings. The van der Waals surface area contributed by atoms with Crippen molar-refractivity contribution in [3.63, 3.8) is 0 Å². The number of nitrogens with zero attached hydrogens (tertiary/aromatic N) is 3. The van der Waals surface area contributed by atoms with Crippen molar-refractivity contribution in [1.82, 2.24) is 15.0 Å². The third-order valence-electron chi connectivity index (χ3n) is 3.16. The van der Waals surface area contributed by atoms with E-state index in [1.807, 2.05) is 12.1 Å². The number of amides is 1. The molecule has 1 aliphatic rings. The van der Waals surface area contributed by atoms with Gasteiger partial charge in [0.05, 0.1) is 0 Å². The van der Waals surface area contributed by atoms with Gasteiger partial charge in [-0.2, -0.15) is 13.8 Å². The van der Waals surface area contributed by atoms with Gasteiger partial charge in [0.2, 0.25) is 11.7 Å². The molecule has 5 nitrogen and oxygen atoms in total. The number of carbonyl (C=O) groups excluding carboxylic acids is 1. The zero-order valence-corrected chi connectivity index (χ0v) is 10.4. The monoisotopic (exact) mass is 279 g/mol. The van der Waals surface area contributed by atoms with Crippen molar-refractivity contribution in [1.29, 1.82) is 0 Å². The molecule has 3 rings (SSSR count). The molecular formula is C13H11F2N3O2. The lowest BCUT2D eigenvalue weighted by Crippen LogP contribution is -2.42. The topological polar surface area (TPSA) is 59.2 Å². The molecule has 1 aromatic heterocycles. The van der Waals surface area contributed by atoms with E-state index in [4.69, 9.17) is 0 Å². The highest BCUT2D eigenvalue weighted by molar-refractivity contribution is 5.81. The molecule has 0 saturated carbocycles.